The number of nitriles is 1. The first kappa shape index (κ1) is 15.8. The highest BCUT2D eigenvalue weighted by molar-refractivity contribution is 9.10. The predicted molar refractivity (Wildman–Crippen MR) is 85.2 cm³/mol. The summed E-state index contributed by atoms with van der Waals surface area (Å²) in [5.74, 6) is -0.676. The minimum absolute atomic E-state index is 0.0824. The molecule has 0 aliphatic carbocycles. The van der Waals surface area contributed by atoms with Crippen molar-refractivity contribution in [3.8, 4) is 6.07 Å². The molecule has 1 unspecified atom stereocenters. The van der Waals surface area contributed by atoms with Crippen LogP contribution in [0.15, 0.2) is 22.7 Å². The lowest BCUT2D eigenvalue weighted by Gasteiger charge is -2.40. The van der Waals surface area contributed by atoms with Crippen LogP contribution in [0.25, 0.3) is 0 Å². The highest BCUT2D eigenvalue weighted by Gasteiger charge is 2.39. The van der Waals surface area contributed by atoms with E-state index < -0.39 is 11.4 Å². The molecule has 1 fully saturated rings. The van der Waals surface area contributed by atoms with Crippen LogP contribution < -0.4 is 4.90 Å². The van der Waals surface area contributed by atoms with Gasteiger partial charge in [-0.15, -0.1) is 0 Å². The Morgan fingerprint density at radius 3 is 2.86 bits per heavy atom. The summed E-state index contributed by atoms with van der Waals surface area (Å²) < 4.78 is 0.877. The van der Waals surface area contributed by atoms with Crippen LogP contribution >= 0.6 is 15.9 Å². The minimum Gasteiger partial charge on any atom is -0.481 e. The normalized spacial score (nSPS) is 19.1. The van der Waals surface area contributed by atoms with Gasteiger partial charge >= 0.3 is 5.97 Å². The molecule has 0 aromatic heterocycles. The molecule has 0 spiro atoms. The zero-order valence-electron chi connectivity index (χ0n) is 12.3. The summed E-state index contributed by atoms with van der Waals surface area (Å²) in [4.78, 5) is 13.6. The van der Waals surface area contributed by atoms with E-state index in [-0.39, 0.29) is 5.92 Å². The molecular formula is C16H19BrN2O2. The molecule has 112 valence electrons. The van der Waals surface area contributed by atoms with Crippen LogP contribution in [0.2, 0.25) is 0 Å². The van der Waals surface area contributed by atoms with Crippen molar-refractivity contribution >= 4 is 27.6 Å². The monoisotopic (exact) mass is 350 g/mol. The van der Waals surface area contributed by atoms with E-state index in [1.54, 1.807) is 19.9 Å². The van der Waals surface area contributed by atoms with Gasteiger partial charge < -0.3 is 10.0 Å². The number of halogens is 1. The molecule has 1 aliphatic heterocycles. The third-order valence-corrected chi connectivity index (χ3v) is 4.91. The molecule has 5 heteroatoms. The number of carboxylic acids is 1. The molecule has 0 radical (unpaired) electrons. The topological polar surface area (TPSA) is 64.3 Å². The summed E-state index contributed by atoms with van der Waals surface area (Å²) in [6, 6.07) is 7.88. The molecular weight excluding hydrogens is 332 g/mol. The van der Waals surface area contributed by atoms with Gasteiger partial charge in [0.2, 0.25) is 0 Å². The Balaban J connectivity index is 2.27. The summed E-state index contributed by atoms with van der Waals surface area (Å²) in [5, 5.41) is 18.7. The molecule has 1 aromatic rings. The average molecular weight is 351 g/mol. The lowest BCUT2D eigenvalue weighted by atomic mass is 9.74. The van der Waals surface area contributed by atoms with Crippen LogP contribution in [-0.4, -0.2) is 24.2 Å². The lowest BCUT2D eigenvalue weighted by Crippen LogP contribution is -2.45. The number of aliphatic carboxylic acids is 1. The molecule has 0 bridgehead atoms. The number of anilines is 1. The van der Waals surface area contributed by atoms with Crippen molar-refractivity contribution in [1.82, 2.24) is 0 Å². The second-order valence-electron chi connectivity index (χ2n) is 6.09. The number of hydrogen-bond acceptors (Lipinski definition) is 3. The molecule has 1 heterocycles. The van der Waals surface area contributed by atoms with Crippen LogP contribution in [0.1, 0.15) is 32.3 Å². The van der Waals surface area contributed by atoms with Crippen LogP contribution in [0.4, 0.5) is 5.69 Å². The van der Waals surface area contributed by atoms with E-state index in [9.17, 15) is 15.2 Å². The van der Waals surface area contributed by atoms with Crippen molar-refractivity contribution in [1.29, 1.82) is 5.26 Å². The van der Waals surface area contributed by atoms with Crippen molar-refractivity contribution in [2.75, 3.05) is 18.0 Å². The first-order valence-corrected chi connectivity index (χ1v) is 7.83. The highest BCUT2D eigenvalue weighted by atomic mass is 79.9. The molecule has 1 aromatic carbocycles. The fourth-order valence-corrected chi connectivity index (χ4v) is 3.19. The van der Waals surface area contributed by atoms with Crippen LogP contribution in [0.5, 0.6) is 0 Å². The van der Waals surface area contributed by atoms with E-state index in [1.807, 2.05) is 12.1 Å². The quantitative estimate of drug-likeness (QED) is 0.903. The van der Waals surface area contributed by atoms with Crippen LogP contribution in [-0.2, 0) is 4.79 Å². The van der Waals surface area contributed by atoms with E-state index in [2.05, 4.69) is 26.9 Å². The molecule has 1 atom stereocenters. The number of carbonyl (C=O) groups is 1. The number of hydrogen-bond donors (Lipinski definition) is 1. The number of nitrogens with zero attached hydrogens (tertiary/aromatic N) is 2. The smallest absolute Gasteiger partial charge is 0.309 e. The molecule has 1 saturated heterocycles. The maximum atomic E-state index is 11.5. The summed E-state index contributed by atoms with van der Waals surface area (Å²) in [7, 11) is 0. The van der Waals surface area contributed by atoms with Gasteiger partial charge in [-0.1, -0.05) is 15.9 Å². The Morgan fingerprint density at radius 1 is 1.52 bits per heavy atom. The Morgan fingerprint density at radius 2 is 2.24 bits per heavy atom. The van der Waals surface area contributed by atoms with Gasteiger partial charge in [0, 0.05) is 17.6 Å². The van der Waals surface area contributed by atoms with Gasteiger partial charge in [0.1, 0.15) is 6.07 Å². The van der Waals surface area contributed by atoms with Crippen molar-refractivity contribution in [3.05, 3.63) is 28.2 Å². The third kappa shape index (κ3) is 3.21. The maximum absolute atomic E-state index is 11.5. The maximum Gasteiger partial charge on any atom is 0.309 e. The zero-order valence-corrected chi connectivity index (χ0v) is 13.9. The fourth-order valence-electron chi connectivity index (χ4n) is 2.83. The van der Waals surface area contributed by atoms with Crippen molar-refractivity contribution in [3.63, 3.8) is 0 Å². The van der Waals surface area contributed by atoms with Gasteiger partial charge in [-0.05, 0) is 50.8 Å². The van der Waals surface area contributed by atoms with Gasteiger partial charge in [-0.3, -0.25) is 4.79 Å². The second-order valence-corrected chi connectivity index (χ2v) is 7.00. The molecule has 21 heavy (non-hydrogen) atoms. The third-order valence-electron chi connectivity index (χ3n) is 4.41. The molecule has 0 amide bonds. The predicted octanol–water partition coefficient (Wildman–Crippen LogP) is 3.65. The van der Waals surface area contributed by atoms with Crippen molar-refractivity contribution in [2.24, 2.45) is 11.3 Å². The van der Waals surface area contributed by atoms with Crippen LogP contribution in [0, 0.1) is 22.7 Å². The average Bonchev–Trinajstić information content (AvgIpc) is 2.47. The molecule has 1 aliphatic rings. The zero-order chi connectivity index (χ0) is 15.6. The van der Waals surface area contributed by atoms with Gasteiger partial charge in [0.05, 0.1) is 16.7 Å². The Kier molecular flexibility index (Phi) is 4.58. The Labute approximate surface area is 133 Å². The Hall–Kier alpha value is -1.54. The van der Waals surface area contributed by atoms with E-state index in [1.165, 1.54) is 0 Å². The van der Waals surface area contributed by atoms with Crippen molar-refractivity contribution in [2.45, 2.75) is 26.7 Å². The van der Waals surface area contributed by atoms with E-state index in [0.29, 0.717) is 12.1 Å². The number of piperidine rings is 1. The number of rotatable bonds is 3. The second kappa shape index (κ2) is 6.07. The first-order valence-electron chi connectivity index (χ1n) is 7.04. The summed E-state index contributed by atoms with van der Waals surface area (Å²) >= 11 is 3.38. The van der Waals surface area contributed by atoms with Crippen molar-refractivity contribution < 1.29 is 9.90 Å². The summed E-state index contributed by atoms with van der Waals surface area (Å²) in [6.07, 6.45) is 1.86. The number of benzene rings is 1. The van der Waals surface area contributed by atoms with Gasteiger partial charge in [0.15, 0.2) is 0 Å². The van der Waals surface area contributed by atoms with E-state index in [0.717, 1.165) is 29.5 Å². The minimum atomic E-state index is -0.759. The molecule has 1 N–H and O–H groups in total. The molecule has 2 rings (SSSR count). The summed E-state index contributed by atoms with van der Waals surface area (Å²) in [5.41, 5.74) is 0.769. The summed E-state index contributed by atoms with van der Waals surface area (Å²) in [6.45, 7) is 5.12. The van der Waals surface area contributed by atoms with Gasteiger partial charge in [0.25, 0.3) is 0 Å². The van der Waals surface area contributed by atoms with Gasteiger partial charge in [-0.2, -0.15) is 5.26 Å². The SMILES string of the molecule is CC(C)(C(=O)O)C1CCCN(c2ccc(Br)cc2C#N)C1. The molecule has 4 nitrogen and oxygen atoms in total. The fraction of sp³-hybridized carbons (Fsp3) is 0.500. The number of carboxylic acid groups (broad SMARTS) is 1. The highest BCUT2D eigenvalue weighted by Crippen LogP contribution is 2.36. The van der Waals surface area contributed by atoms with Crippen LogP contribution in [0.3, 0.4) is 0 Å². The van der Waals surface area contributed by atoms with E-state index >= 15 is 0 Å². The Bertz CT molecular complexity index is 592. The molecule has 0 saturated carbocycles. The lowest BCUT2D eigenvalue weighted by molar-refractivity contribution is -0.150. The standard InChI is InChI=1S/C16H19BrN2O2/c1-16(2,15(20)21)12-4-3-7-19(10-12)14-6-5-13(17)8-11(14)9-18/h5-6,8,12H,3-4,7,10H2,1-2H3,(H,20,21). The largest absolute Gasteiger partial charge is 0.481 e. The first-order chi connectivity index (χ1) is 9.86. The van der Waals surface area contributed by atoms with Gasteiger partial charge in [-0.25, -0.2) is 0 Å². The van der Waals surface area contributed by atoms with E-state index in [4.69, 9.17) is 0 Å².